The van der Waals surface area contributed by atoms with Crippen molar-refractivity contribution in [2.24, 2.45) is 5.73 Å². The van der Waals surface area contributed by atoms with Crippen LogP contribution in [0.4, 0.5) is 14.5 Å². The molecular weight excluding hydrogens is 282 g/mol. The van der Waals surface area contributed by atoms with Crippen LogP contribution in [0.5, 0.6) is 0 Å². The Hall–Kier alpha value is -1.95. The van der Waals surface area contributed by atoms with Crippen LogP contribution < -0.4 is 11.1 Å². The predicted molar refractivity (Wildman–Crippen MR) is 77.7 cm³/mol. The molecule has 3 nitrogen and oxygen atoms in total. The number of rotatable bonds is 5. The molecule has 0 radical (unpaired) electrons. The van der Waals surface area contributed by atoms with Gasteiger partial charge in [-0.05, 0) is 31.2 Å². The van der Waals surface area contributed by atoms with E-state index in [0.29, 0.717) is 6.42 Å². The van der Waals surface area contributed by atoms with Crippen molar-refractivity contribution in [3.63, 3.8) is 0 Å². The third-order valence-electron chi connectivity index (χ3n) is 2.80. The molecule has 3 N–H and O–H groups in total. The normalized spacial score (nSPS) is 12.2. The van der Waals surface area contributed by atoms with Crippen LogP contribution in [0.1, 0.15) is 18.2 Å². The van der Waals surface area contributed by atoms with E-state index in [4.69, 9.17) is 22.4 Å². The molecule has 0 fully saturated rings. The van der Waals surface area contributed by atoms with Gasteiger partial charge in [-0.3, -0.25) is 0 Å². The van der Waals surface area contributed by atoms with Crippen molar-refractivity contribution in [3.8, 4) is 0 Å². The molecule has 2 rings (SSSR count). The highest BCUT2D eigenvalue weighted by Crippen LogP contribution is 2.22. The van der Waals surface area contributed by atoms with E-state index in [-0.39, 0.29) is 22.3 Å². The Balaban J connectivity index is 2.14. The van der Waals surface area contributed by atoms with Gasteiger partial charge in [-0.2, -0.15) is 0 Å². The smallest absolute Gasteiger partial charge is 0.150 e. The minimum atomic E-state index is -0.723. The van der Waals surface area contributed by atoms with Crippen molar-refractivity contribution in [1.82, 2.24) is 0 Å². The van der Waals surface area contributed by atoms with Crippen LogP contribution in [-0.4, -0.2) is 11.0 Å². The molecule has 0 spiro atoms. The quantitative estimate of drug-likeness (QED) is 0.832. The number of benzene rings is 1. The molecule has 2 aromatic rings. The first-order valence-electron chi connectivity index (χ1n) is 6.05. The first kappa shape index (κ1) is 14.5. The van der Waals surface area contributed by atoms with Gasteiger partial charge < -0.3 is 15.5 Å². The van der Waals surface area contributed by atoms with Crippen LogP contribution in [0.15, 0.2) is 34.9 Å². The Morgan fingerprint density at radius 3 is 2.55 bits per heavy atom. The zero-order chi connectivity index (χ0) is 14.7. The molecule has 1 heterocycles. The van der Waals surface area contributed by atoms with Crippen molar-refractivity contribution >= 4 is 22.9 Å². The van der Waals surface area contributed by atoms with Gasteiger partial charge >= 0.3 is 0 Å². The molecule has 0 aliphatic carbocycles. The summed E-state index contributed by atoms with van der Waals surface area (Å²) in [6.45, 7) is 1.81. The van der Waals surface area contributed by atoms with Crippen LogP contribution in [0, 0.1) is 11.6 Å². The summed E-state index contributed by atoms with van der Waals surface area (Å²) >= 11 is 4.70. The largest absolute Gasteiger partial charge is 0.469 e. The van der Waals surface area contributed by atoms with Crippen LogP contribution in [0.3, 0.4) is 0 Å². The van der Waals surface area contributed by atoms with Gasteiger partial charge in [0.05, 0.1) is 6.26 Å². The summed E-state index contributed by atoms with van der Waals surface area (Å²) in [5.74, 6) is -0.705. The molecule has 106 valence electrons. The first-order chi connectivity index (χ1) is 9.47. The second kappa shape index (κ2) is 6.00. The summed E-state index contributed by atoms with van der Waals surface area (Å²) in [4.78, 5) is -0.0435. The van der Waals surface area contributed by atoms with E-state index in [1.807, 2.05) is 6.92 Å². The van der Waals surface area contributed by atoms with Crippen molar-refractivity contribution in [2.45, 2.75) is 19.4 Å². The lowest BCUT2D eigenvalue weighted by Crippen LogP contribution is -2.20. The Kier molecular flexibility index (Phi) is 4.34. The highest BCUT2D eigenvalue weighted by atomic mass is 32.1. The number of hydrogen-bond donors (Lipinski definition) is 2. The maximum Gasteiger partial charge on any atom is 0.150 e. The highest BCUT2D eigenvalue weighted by molar-refractivity contribution is 7.80. The summed E-state index contributed by atoms with van der Waals surface area (Å²) in [7, 11) is 0. The number of thiocarbonyl (C=S) groups is 1. The summed E-state index contributed by atoms with van der Waals surface area (Å²) < 4.78 is 32.9. The summed E-state index contributed by atoms with van der Waals surface area (Å²) in [6.07, 6.45) is 2.07. The zero-order valence-electron chi connectivity index (χ0n) is 10.8. The molecule has 0 bridgehead atoms. The van der Waals surface area contributed by atoms with Gasteiger partial charge in [0.2, 0.25) is 0 Å². The Morgan fingerprint density at radius 2 is 2.05 bits per heavy atom. The molecule has 20 heavy (non-hydrogen) atoms. The van der Waals surface area contributed by atoms with Gasteiger partial charge in [-0.1, -0.05) is 12.2 Å². The molecule has 1 unspecified atom stereocenters. The maximum absolute atomic E-state index is 13.9. The highest BCUT2D eigenvalue weighted by Gasteiger charge is 2.15. The van der Waals surface area contributed by atoms with E-state index in [1.165, 1.54) is 0 Å². The fraction of sp³-hybridized carbons (Fsp3) is 0.214. The second-order valence-electron chi connectivity index (χ2n) is 4.51. The van der Waals surface area contributed by atoms with Crippen LogP contribution in [0.2, 0.25) is 0 Å². The number of anilines is 1. The average Bonchev–Trinajstić information content (AvgIpc) is 2.86. The second-order valence-corrected chi connectivity index (χ2v) is 4.95. The minimum Gasteiger partial charge on any atom is -0.469 e. The molecule has 6 heteroatoms. The Labute approximate surface area is 120 Å². The van der Waals surface area contributed by atoms with Gasteiger partial charge in [0.15, 0.2) is 0 Å². The van der Waals surface area contributed by atoms with Crippen molar-refractivity contribution in [1.29, 1.82) is 0 Å². The number of nitrogens with one attached hydrogen (secondary N) is 1. The van der Waals surface area contributed by atoms with Gasteiger partial charge in [0.1, 0.15) is 28.1 Å². The molecule has 0 amide bonds. The average molecular weight is 296 g/mol. The van der Waals surface area contributed by atoms with Gasteiger partial charge in [-0.15, -0.1) is 0 Å². The minimum absolute atomic E-state index is 0.0435. The zero-order valence-corrected chi connectivity index (χ0v) is 11.6. The molecule has 1 atom stereocenters. The summed E-state index contributed by atoms with van der Waals surface area (Å²) in [5, 5.41) is 2.79. The molecule has 0 aliphatic heterocycles. The molecular formula is C14H14F2N2OS. The van der Waals surface area contributed by atoms with Gasteiger partial charge in [-0.25, -0.2) is 8.78 Å². The van der Waals surface area contributed by atoms with E-state index in [9.17, 15) is 8.78 Å². The topological polar surface area (TPSA) is 51.2 Å². The standard InChI is InChI=1S/C14H14F2N2OS/c1-8(5-10-3-2-4-19-10)18-13-11(15)6-9(14(17)20)7-12(13)16/h2-4,6-8,18H,5H2,1H3,(H2,17,20). The SMILES string of the molecule is CC(Cc1ccco1)Nc1c(F)cc(C(N)=S)cc1F. The van der Waals surface area contributed by atoms with Crippen LogP contribution in [-0.2, 0) is 6.42 Å². The van der Waals surface area contributed by atoms with E-state index >= 15 is 0 Å². The molecule has 0 aliphatic rings. The van der Waals surface area contributed by atoms with Crippen LogP contribution >= 0.6 is 12.2 Å². The van der Waals surface area contributed by atoms with Crippen molar-refractivity contribution in [2.75, 3.05) is 5.32 Å². The molecule has 0 saturated carbocycles. The number of hydrogen-bond acceptors (Lipinski definition) is 3. The number of nitrogens with two attached hydrogens (primary N) is 1. The lowest BCUT2D eigenvalue weighted by molar-refractivity contribution is 0.495. The third kappa shape index (κ3) is 3.33. The monoisotopic (exact) mass is 296 g/mol. The summed E-state index contributed by atoms with van der Waals surface area (Å²) in [6, 6.07) is 5.61. The Bertz CT molecular complexity index is 591. The fourth-order valence-corrected chi connectivity index (χ4v) is 2.00. The van der Waals surface area contributed by atoms with Gasteiger partial charge in [0, 0.05) is 18.0 Å². The maximum atomic E-state index is 13.9. The molecule has 1 aromatic heterocycles. The lowest BCUT2D eigenvalue weighted by Gasteiger charge is -2.16. The number of halogens is 2. The van der Waals surface area contributed by atoms with E-state index in [0.717, 1.165) is 17.9 Å². The van der Waals surface area contributed by atoms with Crippen molar-refractivity contribution < 1.29 is 13.2 Å². The molecule has 0 saturated heterocycles. The molecule has 1 aromatic carbocycles. The third-order valence-corrected chi connectivity index (χ3v) is 3.04. The lowest BCUT2D eigenvalue weighted by atomic mass is 10.1. The first-order valence-corrected chi connectivity index (χ1v) is 6.46. The number of furan rings is 1. The van der Waals surface area contributed by atoms with Gasteiger partial charge in [0.25, 0.3) is 0 Å². The van der Waals surface area contributed by atoms with E-state index < -0.39 is 11.6 Å². The van der Waals surface area contributed by atoms with E-state index in [1.54, 1.807) is 18.4 Å². The predicted octanol–water partition coefficient (Wildman–Crippen LogP) is 3.24. The van der Waals surface area contributed by atoms with E-state index in [2.05, 4.69) is 5.32 Å². The Morgan fingerprint density at radius 1 is 1.40 bits per heavy atom. The van der Waals surface area contributed by atoms with Crippen molar-refractivity contribution in [3.05, 3.63) is 53.5 Å². The van der Waals surface area contributed by atoms with Crippen LogP contribution in [0.25, 0.3) is 0 Å². The fourth-order valence-electron chi connectivity index (χ4n) is 1.88. The summed E-state index contributed by atoms with van der Waals surface area (Å²) in [5.41, 5.74) is 5.33.